The summed E-state index contributed by atoms with van der Waals surface area (Å²) >= 11 is 0. The SMILES string of the molecule is NCC1(c2ccc([N+](=O)[O-])cn2)CCC(F)(F)CC1. The van der Waals surface area contributed by atoms with Crippen molar-refractivity contribution in [3.05, 3.63) is 34.1 Å². The van der Waals surface area contributed by atoms with Crippen LogP contribution in [0.15, 0.2) is 18.3 Å². The second-order valence-corrected chi connectivity index (χ2v) is 5.00. The number of pyridine rings is 1. The number of alkyl halides is 2. The van der Waals surface area contributed by atoms with E-state index in [1.807, 2.05) is 0 Å². The van der Waals surface area contributed by atoms with E-state index in [0.717, 1.165) is 6.20 Å². The zero-order valence-corrected chi connectivity index (χ0v) is 10.3. The molecule has 19 heavy (non-hydrogen) atoms. The first-order valence-corrected chi connectivity index (χ1v) is 6.07. The summed E-state index contributed by atoms with van der Waals surface area (Å²) in [5, 5.41) is 10.6. The molecule has 5 nitrogen and oxygen atoms in total. The van der Waals surface area contributed by atoms with Gasteiger partial charge in [0.05, 0.1) is 4.92 Å². The lowest BCUT2D eigenvalue weighted by Gasteiger charge is -2.38. The second-order valence-electron chi connectivity index (χ2n) is 5.00. The van der Waals surface area contributed by atoms with Crippen molar-refractivity contribution in [2.75, 3.05) is 6.54 Å². The first-order valence-electron chi connectivity index (χ1n) is 6.07. The van der Waals surface area contributed by atoms with Crippen molar-refractivity contribution in [3.8, 4) is 0 Å². The number of nitrogens with zero attached hydrogens (tertiary/aromatic N) is 2. The number of hydrogen-bond acceptors (Lipinski definition) is 4. The molecule has 0 spiro atoms. The van der Waals surface area contributed by atoms with E-state index < -0.39 is 16.3 Å². The van der Waals surface area contributed by atoms with Crippen LogP contribution in [0.3, 0.4) is 0 Å². The third kappa shape index (κ3) is 2.70. The summed E-state index contributed by atoms with van der Waals surface area (Å²) in [7, 11) is 0. The van der Waals surface area contributed by atoms with Crippen molar-refractivity contribution in [2.45, 2.75) is 37.0 Å². The molecule has 1 fully saturated rings. The smallest absolute Gasteiger partial charge is 0.287 e. The van der Waals surface area contributed by atoms with Gasteiger partial charge in [-0.2, -0.15) is 0 Å². The molecule has 1 aliphatic rings. The molecule has 0 bridgehead atoms. The van der Waals surface area contributed by atoms with E-state index in [1.54, 1.807) is 0 Å². The molecule has 2 rings (SSSR count). The number of nitro groups is 1. The van der Waals surface area contributed by atoms with Crippen LogP contribution < -0.4 is 5.73 Å². The van der Waals surface area contributed by atoms with Crippen molar-refractivity contribution in [1.82, 2.24) is 4.98 Å². The van der Waals surface area contributed by atoms with Crippen LogP contribution in [0.2, 0.25) is 0 Å². The molecule has 7 heteroatoms. The highest BCUT2D eigenvalue weighted by Gasteiger charge is 2.44. The van der Waals surface area contributed by atoms with Gasteiger partial charge in [0.2, 0.25) is 5.92 Å². The van der Waals surface area contributed by atoms with Crippen LogP contribution in [0.5, 0.6) is 0 Å². The van der Waals surface area contributed by atoms with Gasteiger partial charge in [0.15, 0.2) is 0 Å². The van der Waals surface area contributed by atoms with Crippen molar-refractivity contribution in [3.63, 3.8) is 0 Å². The lowest BCUT2D eigenvalue weighted by molar-refractivity contribution is -0.385. The Labute approximate surface area is 109 Å². The van der Waals surface area contributed by atoms with Crippen molar-refractivity contribution >= 4 is 5.69 Å². The highest BCUT2D eigenvalue weighted by atomic mass is 19.3. The molecular weight excluding hydrogens is 256 g/mol. The minimum atomic E-state index is -2.64. The second kappa shape index (κ2) is 4.80. The zero-order valence-electron chi connectivity index (χ0n) is 10.3. The largest absolute Gasteiger partial charge is 0.330 e. The molecule has 0 radical (unpaired) electrons. The van der Waals surface area contributed by atoms with Crippen LogP contribution in [-0.2, 0) is 5.41 Å². The normalized spacial score (nSPS) is 21.0. The van der Waals surface area contributed by atoms with E-state index in [-0.39, 0.29) is 37.9 Å². The number of aromatic nitrogens is 1. The van der Waals surface area contributed by atoms with Gasteiger partial charge in [-0.3, -0.25) is 15.1 Å². The average Bonchev–Trinajstić information content (AvgIpc) is 2.40. The summed E-state index contributed by atoms with van der Waals surface area (Å²) in [6.45, 7) is 0.216. The Morgan fingerprint density at radius 2 is 1.95 bits per heavy atom. The van der Waals surface area contributed by atoms with Crippen LogP contribution >= 0.6 is 0 Å². The van der Waals surface area contributed by atoms with E-state index in [1.165, 1.54) is 12.1 Å². The summed E-state index contributed by atoms with van der Waals surface area (Å²) in [6.07, 6.45) is 1.22. The van der Waals surface area contributed by atoms with Gasteiger partial charge in [-0.1, -0.05) is 0 Å². The summed E-state index contributed by atoms with van der Waals surface area (Å²) < 4.78 is 26.4. The maximum Gasteiger partial charge on any atom is 0.287 e. The van der Waals surface area contributed by atoms with Gasteiger partial charge in [0, 0.05) is 36.6 Å². The molecule has 0 amide bonds. The Balaban J connectivity index is 2.25. The fourth-order valence-electron chi connectivity index (χ4n) is 2.47. The predicted octanol–water partition coefficient (Wildman–Crippen LogP) is 2.40. The number of halogens is 2. The molecule has 0 saturated heterocycles. The molecule has 1 aromatic rings. The Hall–Kier alpha value is -1.63. The van der Waals surface area contributed by atoms with Gasteiger partial charge in [0.1, 0.15) is 6.20 Å². The van der Waals surface area contributed by atoms with Gasteiger partial charge in [0.25, 0.3) is 5.69 Å². The summed E-state index contributed by atoms with van der Waals surface area (Å²) in [4.78, 5) is 14.1. The molecule has 0 aliphatic heterocycles. The summed E-state index contributed by atoms with van der Waals surface area (Å²) in [5.74, 6) is -2.64. The predicted molar refractivity (Wildman–Crippen MR) is 65.0 cm³/mol. The van der Waals surface area contributed by atoms with Gasteiger partial charge < -0.3 is 5.73 Å². The Bertz CT molecular complexity index is 466. The molecular formula is C12H15F2N3O2. The third-order valence-corrected chi connectivity index (χ3v) is 3.83. The van der Waals surface area contributed by atoms with E-state index in [4.69, 9.17) is 5.73 Å². The summed E-state index contributed by atoms with van der Waals surface area (Å²) in [5.41, 5.74) is 5.60. The van der Waals surface area contributed by atoms with Crippen LogP contribution in [-0.4, -0.2) is 22.4 Å². The molecule has 1 aliphatic carbocycles. The quantitative estimate of drug-likeness (QED) is 0.676. The Kier molecular flexibility index (Phi) is 3.49. The average molecular weight is 271 g/mol. The number of hydrogen-bond donors (Lipinski definition) is 1. The molecule has 1 aromatic heterocycles. The molecule has 0 aromatic carbocycles. The number of nitrogens with two attached hydrogens (primary N) is 1. The van der Waals surface area contributed by atoms with E-state index in [0.29, 0.717) is 5.69 Å². The van der Waals surface area contributed by atoms with Crippen LogP contribution in [0, 0.1) is 10.1 Å². The van der Waals surface area contributed by atoms with Crippen molar-refractivity contribution in [2.24, 2.45) is 5.73 Å². The topological polar surface area (TPSA) is 82.0 Å². The van der Waals surface area contributed by atoms with Crippen LogP contribution in [0.25, 0.3) is 0 Å². The van der Waals surface area contributed by atoms with E-state index in [9.17, 15) is 18.9 Å². The van der Waals surface area contributed by atoms with Gasteiger partial charge in [-0.25, -0.2) is 8.78 Å². The Morgan fingerprint density at radius 1 is 1.32 bits per heavy atom. The molecule has 2 N–H and O–H groups in total. The minimum Gasteiger partial charge on any atom is -0.330 e. The maximum atomic E-state index is 13.2. The van der Waals surface area contributed by atoms with E-state index >= 15 is 0 Å². The first-order chi connectivity index (χ1) is 8.88. The number of rotatable bonds is 3. The van der Waals surface area contributed by atoms with Crippen molar-refractivity contribution in [1.29, 1.82) is 0 Å². The molecule has 104 valence electrons. The maximum absolute atomic E-state index is 13.2. The monoisotopic (exact) mass is 271 g/mol. The Morgan fingerprint density at radius 3 is 2.37 bits per heavy atom. The van der Waals surface area contributed by atoms with Crippen molar-refractivity contribution < 1.29 is 13.7 Å². The van der Waals surface area contributed by atoms with Crippen LogP contribution in [0.4, 0.5) is 14.5 Å². The fourth-order valence-corrected chi connectivity index (χ4v) is 2.47. The van der Waals surface area contributed by atoms with Gasteiger partial charge in [-0.05, 0) is 18.9 Å². The molecule has 1 heterocycles. The lowest BCUT2D eigenvalue weighted by atomic mass is 9.70. The highest BCUT2D eigenvalue weighted by Crippen LogP contribution is 2.44. The molecule has 0 atom stereocenters. The standard InChI is InChI=1S/C12H15F2N3O2/c13-12(14)5-3-11(8-15,4-6-12)10-2-1-9(7-16-10)17(18)19/h1-2,7H,3-6,8,15H2. The van der Waals surface area contributed by atoms with E-state index in [2.05, 4.69) is 4.98 Å². The van der Waals surface area contributed by atoms with Crippen LogP contribution in [0.1, 0.15) is 31.4 Å². The molecule has 1 saturated carbocycles. The minimum absolute atomic E-state index is 0.114. The van der Waals surface area contributed by atoms with Gasteiger partial charge in [-0.15, -0.1) is 0 Å². The summed E-state index contributed by atoms with van der Waals surface area (Å²) in [6, 6.07) is 2.86. The first kappa shape index (κ1) is 13.8. The third-order valence-electron chi connectivity index (χ3n) is 3.83. The highest BCUT2D eigenvalue weighted by molar-refractivity contribution is 5.30. The fraction of sp³-hybridized carbons (Fsp3) is 0.583. The van der Waals surface area contributed by atoms with Gasteiger partial charge >= 0.3 is 0 Å². The lowest BCUT2D eigenvalue weighted by Crippen LogP contribution is -2.42. The molecule has 0 unspecified atom stereocenters. The zero-order chi connectivity index (χ0) is 14.1.